The molecule has 20 heavy (non-hydrogen) atoms. The van der Waals surface area contributed by atoms with Crippen molar-refractivity contribution >= 4 is 27.3 Å². The Morgan fingerprint density at radius 2 is 1.60 bits per heavy atom. The number of carbonyl (C=O) groups excluding carboxylic acids is 2. The van der Waals surface area contributed by atoms with Crippen molar-refractivity contribution < 1.29 is 18.0 Å². The summed E-state index contributed by atoms with van der Waals surface area (Å²) in [6, 6.07) is 3.77. The van der Waals surface area contributed by atoms with Gasteiger partial charge in [0.05, 0.1) is 5.75 Å². The Kier molecular flexibility index (Phi) is 4.72. The van der Waals surface area contributed by atoms with E-state index in [-0.39, 0.29) is 16.9 Å². The molecule has 0 saturated heterocycles. The number of nitrogens with two attached hydrogens (primary N) is 2. The Morgan fingerprint density at radius 1 is 1.15 bits per heavy atom. The maximum absolute atomic E-state index is 11.2. The molecule has 0 spiro atoms. The number of amides is 2. The molecular weight excluding hydrogens is 282 g/mol. The van der Waals surface area contributed by atoms with Gasteiger partial charge in [-0.2, -0.15) is 0 Å². The van der Waals surface area contributed by atoms with Gasteiger partial charge >= 0.3 is 0 Å². The molecule has 1 atom stereocenters. The number of hydrogen-bond donors (Lipinski definition) is 3. The molecule has 8 heteroatoms. The Bertz CT molecular complexity index is 608. The molecular formula is C12H17N3O4S. The highest BCUT2D eigenvalue weighted by Gasteiger charge is 2.13. The molecule has 0 aliphatic heterocycles. The monoisotopic (exact) mass is 299 g/mol. The second-order valence-corrected chi connectivity index (χ2v) is 6.85. The van der Waals surface area contributed by atoms with E-state index in [0.717, 1.165) is 6.26 Å². The molecule has 7 nitrogen and oxygen atoms in total. The molecule has 1 rings (SSSR count). The second kappa shape index (κ2) is 5.91. The van der Waals surface area contributed by atoms with Crippen LogP contribution >= 0.6 is 0 Å². The number of anilines is 1. The first-order chi connectivity index (χ1) is 9.08. The zero-order valence-corrected chi connectivity index (χ0v) is 12.0. The van der Waals surface area contributed by atoms with E-state index in [1.807, 2.05) is 0 Å². The first-order valence-corrected chi connectivity index (χ1v) is 7.83. The van der Waals surface area contributed by atoms with Crippen LogP contribution in [0.25, 0.3) is 0 Å². The lowest BCUT2D eigenvalue weighted by molar-refractivity contribution is 0.0999. The highest BCUT2D eigenvalue weighted by atomic mass is 32.2. The summed E-state index contributed by atoms with van der Waals surface area (Å²) >= 11 is 0. The Morgan fingerprint density at radius 3 is 1.95 bits per heavy atom. The summed E-state index contributed by atoms with van der Waals surface area (Å²) < 4.78 is 22.4. The van der Waals surface area contributed by atoms with E-state index in [2.05, 4.69) is 5.32 Å². The summed E-state index contributed by atoms with van der Waals surface area (Å²) in [6.45, 7) is 1.67. The van der Waals surface area contributed by atoms with Crippen LogP contribution in [0.5, 0.6) is 0 Å². The van der Waals surface area contributed by atoms with Crippen LogP contribution in [0.15, 0.2) is 18.2 Å². The van der Waals surface area contributed by atoms with Crippen LogP contribution in [-0.4, -0.2) is 38.3 Å². The number of hydrogen-bond acceptors (Lipinski definition) is 5. The molecule has 0 bridgehead atoms. The summed E-state index contributed by atoms with van der Waals surface area (Å²) in [5.41, 5.74) is 11.0. The number of benzene rings is 1. The average Bonchev–Trinajstić information content (AvgIpc) is 2.25. The first-order valence-electron chi connectivity index (χ1n) is 5.77. The maximum atomic E-state index is 11.2. The lowest BCUT2D eigenvalue weighted by atomic mass is 10.1. The van der Waals surface area contributed by atoms with Crippen LogP contribution in [0.3, 0.4) is 0 Å². The van der Waals surface area contributed by atoms with Crippen LogP contribution in [0.1, 0.15) is 27.6 Å². The number of carbonyl (C=O) groups is 2. The summed E-state index contributed by atoms with van der Waals surface area (Å²) in [4.78, 5) is 22.4. The molecule has 110 valence electrons. The largest absolute Gasteiger partial charge is 0.382 e. The highest BCUT2D eigenvalue weighted by Crippen LogP contribution is 2.16. The molecule has 0 aliphatic carbocycles. The minimum atomic E-state index is -3.14. The van der Waals surface area contributed by atoms with Crippen molar-refractivity contribution in [2.45, 2.75) is 13.0 Å². The lowest BCUT2D eigenvalue weighted by Crippen LogP contribution is -2.25. The summed E-state index contributed by atoms with van der Waals surface area (Å²) in [5.74, 6) is -1.49. The van der Waals surface area contributed by atoms with Gasteiger partial charge in [-0.05, 0) is 25.1 Å². The highest BCUT2D eigenvalue weighted by molar-refractivity contribution is 7.90. The molecule has 0 saturated carbocycles. The van der Waals surface area contributed by atoms with Crippen LogP contribution < -0.4 is 16.8 Å². The van der Waals surface area contributed by atoms with Gasteiger partial charge in [-0.25, -0.2) is 8.42 Å². The number of nitrogens with one attached hydrogen (secondary N) is 1. The fourth-order valence-corrected chi connectivity index (χ4v) is 2.77. The van der Waals surface area contributed by atoms with Gasteiger partial charge in [-0.1, -0.05) is 0 Å². The van der Waals surface area contributed by atoms with Gasteiger partial charge < -0.3 is 16.8 Å². The van der Waals surface area contributed by atoms with Crippen molar-refractivity contribution in [1.29, 1.82) is 0 Å². The molecule has 5 N–H and O–H groups in total. The van der Waals surface area contributed by atoms with Gasteiger partial charge in [-0.3, -0.25) is 9.59 Å². The van der Waals surface area contributed by atoms with Gasteiger partial charge in [0, 0.05) is 29.1 Å². The van der Waals surface area contributed by atoms with Crippen molar-refractivity contribution in [2.24, 2.45) is 11.5 Å². The van der Waals surface area contributed by atoms with Crippen molar-refractivity contribution in [1.82, 2.24) is 0 Å². The van der Waals surface area contributed by atoms with E-state index >= 15 is 0 Å². The molecule has 1 aromatic rings. The van der Waals surface area contributed by atoms with Crippen molar-refractivity contribution in [3.8, 4) is 0 Å². The molecule has 0 fully saturated rings. The van der Waals surface area contributed by atoms with E-state index in [1.165, 1.54) is 18.2 Å². The quantitative estimate of drug-likeness (QED) is 0.665. The van der Waals surface area contributed by atoms with Crippen molar-refractivity contribution in [3.05, 3.63) is 29.3 Å². The van der Waals surface area contributed by atoms with Crippen molar-refractivity contribution in [2.75, 3.05) is 17.3 Å². The third-order valence-corrected chi connectivity index (χ3v) is 3.57. The van der Waals surface area contributed by atoms with Crippen LogP contribution in [0.4, 0.5) is 5.69 Å². The standard InChI is InChI=1S/C12H17N3O4S/c1-7(6-20(2,18)19)15-10-4-8(11(13)16)3-9(5-10)12(14)17/h3-5,7,15H,6H2,1-2H3,(H2,13,16)(H2,14,17). The van der Waals surface area contributed by atoms with E-state index in [0.29, 0.717) is 5.69 Å². The normalized spacial score (nSPS) is 12.7. The van der Waals surface area contributed by atoms with Gasteiger partial charge in [0.25, 0.3) is 0 Å². The SMILES string of the molecule is CC(CS(C)(=O)=O)Nc1cc(C(N)=O)cc(C(N)=O)c1. The average molecular weight is 299 g/mol. The van der Waals surface area contributed by atoms with Gasteiger partial charge in [0.1, 0.15) is 9.84 Å². The third-order valence-electron chi connectivity index (χ3n) is 2.47. The zero-order valence-electron chi connectivity index (χ0n) is 11.2. The van der Waals surface area contributed by atoms with Crippen molar-refractivity contribution in [3.63, 3.8) is 0 Å². The molecule has 2 amide bonds. The maximum Gasteiger partial charge on any atom is 0.248 e. The van der Waals surface area contributed by atoms with Gasteiger partial charge in [0.2, 0.25) is 11.8 Å². The molecule has 0 heterocycles. The lowest BCUT2D eigenvalue weighted by Gasteiger charge is -2.15. The van der Waals surface area contributed by atoms with E-state index < -0.39 is 27.7 Å². The Labute approximate surface area is 117 Å². The Balaban J connectivity index is 3.05. The fourth-order valence-electron chi connectivity index (χ4n) is 1.78. The van der Waals surface area contributed by atoms with Gasteiger partial charge in [-0.15, -0.1) is 0 Å². The second-order valence-electron chi connectivity index (χ2n) is 4.67. The van der Waals surface area contributed by atoms with E-state index in [4.69, 9.17) is 11.5 Å². The number of sulfone groups is 1. The van der Waals surface area contributed by atoms with Gasteiger partial charge in [0.15, 0.2) is 0 Å². The molecule has 0 aromatic heterocycles. The molecule has 0 aliphatic rings. The molecule has 1 unspecified atom stereocenters. The summed E-state index contributed by atoms with van der Waals surface area (Å²) in [7, 11) is -3.14. The topological polar surface area (TPSA) is 132 Å². The third kappa shape index (κ3) is 4.88. The molecule has 1 aromatic carbocycles. The smallest absolute Gasteiger partial charge is 0.248 e. The zero-order chi connectivity index (χ0) is 15.5. The number of rotatable bonds is 6. The summed E-state index contributed by atoms with van der Waals surface area (Å²) in [6.07, 6.45) is 1.12. The van der Waals surface area contributed by atoms with E-state index in [9.17, 15) is 18.0 Å². The fraction of sp³-hybridized carbons (Fsp3) is 0.333. The predicted molar refractivity (Wildman–Crippen MR) is 76.3 cm³/mol. The van der Waals surface area contributed by atoms with E-state index in [1.54, 1.807) is 6.92 Å². The number of primary amides is 2. The molecule has 0 radical (unpaired) electrons. The summed E-state index contributed by atoms with van der Waals surface area (Å²) in [5, 5.41) is 2.89. The minimum Gasteiger partial charge on any atom is -0.382 e. The van der Waals surface area contributed by atoms with Crippen LogP contribution in [0, 0.1) is 0 Å². The Hall–Kier alpha value is -2.09. The first kappa shape index (κ1) is 16.0. The van der Waals surface area contributed by atoms with Crippen LogP contribution in [-0.2, 0) is 9.84 Å². The van der Waals surface area contributed by atoms with Crippen LogP contribution in [0.2, 0.25) is 0 Å². The minimum absolute atomic E-state index is 0.0836. The predicted octanol–water partition coefficient (Wildman–Crippen LogP) is -0.271.